The molecule has 0 saturated heterocycles. The van der Waals surface area contributed by atoms with Crippen LogP contribution in [-0.4, -0.2) is 61.2 Å². The summed E-state index contributed by atoms with van der Waals surface area (Å²) in [6.45, 7) is 0. The second-order valence-electron chi connectivity index (χ2n) is 0. The molecule has 0 saturated carbocycles. The Hall–Kier alpha value is 1.67. The summed E-state index contributed by atoms with van der Waals surface area (Å²) >= 11 is 0. The van der Waals surface area contributed by atoms with Gasteiger partial charge in [-0.3, -0.25) is 0 Å². The molecule has 0 bridgehead atoms. The van der Waals surface area contributed by atoms with Crippen LogP contribution in [0.2, 0.25) is 0 Å². The second-order valence-corrected chi connectivity index (χ2v) is 0. The first-order valence-corrected chi connectivity index (χ1v) is 0.236. The van der Waals surface area contributed by atoms with E-state index in [2.05, 4.69) is 7.72 Å². The fraction of sp³-hybridized carbons (Fsp3) is 0. The molecular weight excluding hydrogens is 443 g/mol. The van der Waals surface area contributed by atoms with Gasteiger partial charge in [-0.15, -0.1) is 0 Å². The predicted octanol–water partition coefficient (Wildman–Crippen LogP) is -1.26. The monoisotopic (exact) mass is 444 g/mol. The molecule has 0 aliphatic carbocycles. The van der Waals surface area contributed by atoms with Gasteiger partial charge in [0.1, 0.15) is 0 Å². The summed E-state index contributed by atoms with van der Waals surface area (Å²) in [7, 11) is 3.25. The standard InChI is InChI=1S/BO.Bi.Pb/c1-2;;. The van der Waals surface area contributed by atoms with Gasteiger partial charge in [-0.05, 0) is 0 Å². The van der Waals surface area contributed by atoms with Gasteiger partial charge in [0.2, 0.25) is 0 Å². The molecule has 1 nitrogen and oxygen atoms in total. The van der Waals surface area contributed by atoms with Crippen LogP contribution in [0.15, 0.2) is 0 Å². The van der Waals surface area contributed by atoms with Crippen LogP contribution in [0.5, 0.6) is 0 Å². The third-order valence-electron chi connectivity index (χ3n) is 0. The molecule has 0 aromatic rings. The van der Waals surface area contributed by atoms with E-state index in [1.54, 1.807) is 0 Å². The van der Waals surface area contributed by atoms with Crippen LogP contribution in [-0.2, 0) is 4.70 Å². The molecule has 0 aliphatic rings. The Morgan fingerprint density at radius 1 is 1.25 bits per heavy atom. The van der Waals surface area contributed by atoms with Crippen molar-refractivity contribution < 1.29 is 4.70 Å². The van der Waals surface area contributed by atoms with E-state index in [9.17, 15) is 0 Å². The number of rotatable bonds is 0. The molecule has 0 aromatic carbocycles. The quantitative estimate of drug-likeness (QED) is 0.428. The minimum atomic E-state index is 0. The minimum absolute atomic E-state index is 0. The molecule has 8 radical (unpaired) electrons. The molecule has 0 amide bonds. The van der Waals surface area contributed by atoms with Gasteiger partial charge in [0.05, 0.1) is 0 Å². The molecule has 0 aliphatic heterocycles. The van der Waals surface area contributed by atoms with E-state index in [-0.39, 0.29) is 53.5 Å². The molecule has 0 fully saturated rings. The Balaban J connectivity index is -0.00000000500. The molecule has 0 spiro atoms. The van der Waals surface area contributed by atoms with Gasteiger partial charge in [0.15, 0.2) is 0 Å². The van der Waals surface area contributed by atoms with Crippen molar-refractivity contribution in [3.05, 3.63) is 0 Å². The maximum Gasteiger partial charge on any atom is 0 e. The summed E-state index contributed by atoms with van der Waals surface area (Å²) in [5.41, 5.74) is 0. The molecular formula is BBiOPb. The Bertz CT molecular complexity index is 8.00. The zero-order chi connectivity index (χ0) is 2.00. The van der Waals surface area contributed by atoms with Gasteiger partial charge in [-0.2, -0.15) is 0 Å². The molecule has 0 heterocycles. The van der Waals surface area contributed by atoms with Crippen LogP contribution in [0.25, 0.3) is 0 Å². The molecule has 18 valence electrons. The fourth-order valence-corrected chi connectivity index (χ4v) is 0. The SMILES string of the molecule is [B]=O.[Bi].[Pb]. The van der Waals surface area contributed by atoms with Crippen molar-refractivity contribution in [3.63, 3.8) is 0 Å². The van der Waals surface area contributed by atoms with E-state index < -0.39 is 0 Å². The molecule has 0 aromatic heterocycles. The van der Waals surface area contributed by atoms with Gasteiger partial charge in [0.25, 0.3) is 0 Å². The molecule has 0 unspecified atom stereocenters. The van der Waals surface area contributed by atoms with Crippen molar-refractivity contribution in [3.8, 4) is 0 Å². The maximum absolute atomic E-state index is 7.75. The van der Waals surface area contributed by atoms with Crippen molar-refractivity contribution in [1.29, 1.82) is 0 Å². The third-order valence-corrected chi connectivity index (χ3v) is 0. The molecule has 4 heteroatoms. The van der Waals surface area contributed by atoms with Crippen molar-refractivity contribution in [2.24, 2.45) is 0 Å². The summed E-state index contributed by atoms with van der Waals surface area (Å²) in [5.74, 6) is 0. The van der Waals surface area contributed by atoms with E-state index in [4.69, 9.17) is 4.70 Å². The summed E-state index contributed by atoms with van der Waals surface area (Å²) in [6, 6.07) is 0. The normalized spacial score (nSPS) is 0.750. The first-order valence-electron chi connectivity index (χ1n) is 0.236. The zero-order valence-corrected chi connectivity index (χ0v) is 9.30. The first kappa shape index (κ1) is 17.3. The Morgan fingerprint density at radius 3 is 1.25 bits per heavy atom. The van der Waals surface area contributed by atoms with Crippen LogP contribution in [0.1, 0.15) is 0 Å². The van der Waals surface area contributed by atoms with Gasteiger partial charge in [-0.25, -0.2) is 0 Å². The van der Waals surface area contributed by atoms with E-state index >= 15 is 0 Å². The van der Waals surface area contributed by atoms with Gasteiger partial charge >= 0.3 is 12.4 Å². The van der Waals surface area contributed by atoms with Crippen LogP contribution >= 0.6 is 0 Å². The van der Waals surface area contributed by atoms with Gasteiger partial charge < -0.3 is 0 Å². The maximum atomic E-state index is 7.75. The second kappa shape index (κ2) is 22.6. The summed E-state index contributed by atoms with van der Waals surface area (Å²) < 4.78 is 7.75. The van der Waals surface area contributed by atoms with Crippen molar-refractivity contribution >= 4 is 61.2 Å². The molecule has 4 heavy (non-hydrogen) atoms. The van der Waals surface area contributed by atoms with Crippen molar-refractivity contribution in [2.45, 2.75) is 0 Å². The van der Waals surface area contributed by atoms with E-state index in [0.717, 1.165) is 0 Å². The van der Waals surface area contributed by atoms with E-state index in [1.165, 1.54) is 0 Å². The molecule has 0 atom stereocenters. The molecule has 0 N–H and O–H groups in total. The van der Waals surface area contributed by atoms with Gasteiger partial charge in [-0.1, -0.05) is 0 Å². The summed E-state index contributed by atoms with van der Waals surface area (Å²) in [4.78, 5) is 0. The van der Waals surface area contributed by atoms with E-state index in [0.29, 0.717) is 0 Å². The largest absolute Gasteiger partial charge is 0 e. The van der Waals surface area contributed by atoms with Crippen LogP contribution in [0.4, 0.5) is 0 Å². The Morgan fingerprint density at radius 2 is 1.25 bits per heavy atom. The zero-order valence-electron chi connectivity index (χ0n) is 1.93. The first-order chi connectivity index (χ1) is 1.00. The van der Waals surface area contributed by atoms with Crippen molar-refractivity contribution in [2.75, 3.05) is 0 Å². The van der Waals surface area contributed by atoms with Crippen LogP contribution < -0.4 is 0 Å². The average molecular weight is 443 g/mol. The van der Waals surface area contributed by atoms with Crippen LogP contribution in [0, 0.1) is 0 Å². The Labute approximate surface area is 65.2 Å². The number of hydrogen-bond acceptors (Lipinski definition) is 1. The molecule has 0 rings (SSSR count). The number of hydrogen-bond donors (Lipinski definition) is 0. The van der Waals surface area contributed by atoms with Gasteiger partial charge in [0, 0.05) is 53.5 Å². The summed E-state index contributed by atoms with van der Waals surface area (Å²) in [6.07, 6.45) is 0. The summed E-state index contributed by atoms with van der Waals surface area (Å²) in [5, 5.41) is 0. The third kappa shape index (κ3) is 9.38. The topological polar surface area (TPSA) is 17.1 Å². The predicted molar refractivity (Wildman–Crippen MR) is 17.9 cm³/mol. The van der Waals surface area contributed by atoms with Crippen LogP contribution in [0.3, 0.4) is 0 Å². The smallest absolute Gasteiger partial charge is 0 e. The average Bonchev–Trinajstić information content (AvgIpc) is 1.00. The van der Waals surface area contributed by atoms with Crippen molar-refractivity contribution in [1.82, 2.24) is 0 Å². The Kier molecular flexibility index (Phi) is 97.8. The fourth-order valence-electron chi connectivity index (χ4n) is 0. The van der Waals surface area contributed by atoms with E-state index in [1.807, 2.05) is 0 Å². The minimum Gasteiger partial charge on any atom is 0 e.